The number of nitrogens with zero attached hydrogens (tertiary/aromatic N) is 3. The van der Waals surface area contributed by atoms with Gasteiger partial charge in [0.25, 0.3) is 5.91 Å². The van der Waals surface area contributed by atoms with E-state index in [-0.39, 0.29) is 11.5 Å². The minimum atomic E-state index is -0.458. The molecule has 36 heavy (non-hydrogen) atoms. The highest BCUT2D eigenvalue weighted by Gasteiger charge is 2.19. The molecule has 0 unspecified atom stereocenters. The number of aryl methyl sites for hydroxylation is 1. The van der Waals surface area contributed by atoms with Crippen LogP contribution in [0.3, 0.4) is 0 Å². The van der Waals surface area contributed by atoms with E-state index in [1.165, 1.54) is 18.2 Å². The highest BCUT2D eigenvalue weighted by atomic mass is 19.1. The van der Waals surface area contributed by atoms with Crippen molar-refractivity contribution in [3.63, 3.8) is 0 Å². The molecule has 0 fully saturated rings. The number of carbonyl (C=O) groups is 1. The molecule has 0 radical (unpaired) electrons. The van der Waals surface area contributed by atoms with Gasteiger partial charge in [-0.2, -0.15) is 4.98 Å². The Labute approximate surface area is 209 Å². The molecule has 0 N–H and O–H groups in total. The van der Waals surface area contributed by atoms with E-state index in [1.54, 1.807) is 25.2 Å². The van der Waals surface area contributed by atoms with Gasteiger partial charge in [-0.25, -0.2) is 4.39 Å². The molecule has 4 aromatic rings. The van der Waals surface area contributed by atoms with Crippen LogP contribution >= 0.6 is 0 Å². The van der Waals surface area contributed by atoms with Crippen LogP contribution < -0.4 is 9.47 Å². The standard InChI is InChI=1S/C28H28FN3O4/c1-19-6-4-7-21(16-19)27-30-26(36-31-27)13-15-32(28(33)22-8-5-9-23(29)18-22)14-12-20-10-11-24(34-2)25(17-20)35-3/h4-11,16-18H,12-15H2,1-3H3. The molecular weight excluding hydrogens is 461 g/mol. The first-order chi connectivity index (χ1) is 17.5. The second-order valence-electron chi connectivity index (χ2n) is 8.37. The van der Waals surface area contributed by atoms with Crippen molar-refractivity contribution in [2.45, 2.75) is 19.8 Å². The van der Waals surface area contributed by atoms with Gasteiger partial charge >= 0.3 is 0 Å². The Kier molecular flexibility index (Phi) is 7.95. The molecule has 0 aliphatic heterocycles. The van der Waals surface area contributed by atoms with Crippen molar-refractivity contribution in [2.24, 2.45) is 0 Å². The van der Waals surface area contributed by atoms with Gasteiger partial charge < -0.3 is 18.9 Å². The van der Waals surface area contributed by atoms with E-state index in [0.29, 0.717) is 49.1 Å². The van der Waals surface area contributed by atoms with E-state index in [9.17, 15) is 9.18 Å². The lowest BCUT2D eigenvalue weighted by molar-refractivity contribution is 0.0755. The molecule has 8 heteroatoms. The molecular formula is C28H28FN3O4. The quantitative estimate of drug-likeness (QED) is 0.307. The first-order valence-corrected chi connectivity index (χ1v) is 11.6. The van der Waals surface area contributed by atoms with Gasteiger partial charge in [0.15, 0.2) is 11.5 Å². The van der Waals surface area contributed by atoms with Crippen LogP contribution in [0.4, 0.5) is 4.39 Å². The van der Waals surface area contributed by atoms with Crippen molar-refractivity contribution in [3.05, 3.63) is 95.1 Å². The Morgan fingerprint density at radius 3 is 2.47 bits per heavy atom. The molecule has 0 saturated heterocycles. The average Bonchev–Trinajstić information content (AvgIpc) is 3.37. The zero-order chi connectivity index (χ0) is 25.5. The fourth-order valence-corrected chi connectivity index (χ4v) is 3.91. The second-order valence-corrected chi connectivity index (χ2v) is 8.37. The van der Waals surface area contributed by atoms with Gasteiger partial charge in [0.1, 0.15) is 5.82 Å². The molecule has 4 rings (SSSR count). The second kappa shape index (κ2) is 11.5. The summed E-state index contributed by atoms with van der Waals surface area (Å²) in [6.07, 6.45) is 0.936. The topological polar surface area (TPSA) is 77.7 Å². The summed E-state index contributed by atoms with van der Waals surface area (Å²) in [5, 5.41) is 4.08. The number of amides is 1. The van der Waals surface area contributed by atoms with Crippen molar-refractivity contribution in [3.8, 4) is 22.9 Å². The minimum absolute atomic E-state index is 0.270. The molecule has 7 nitrogen and oxygen atoms in total. The number of rotatable bonds is 10. The third-order valence-corrected chi connectivity index (χ3v) is 5.82. The van der Waals surface area contributed by atoms with Crippen molar-refractivity contribution in [1.29, 1.82) is 0 Å². The van der Waals surface area contributed by atoms with E-state index in [4.69, 9.17) is 14.0 Å². The lowest BCUT2D eigenvalue weighted by atomic mass is 10.1. The smallest absolute Gasteiger partial charge is 0.253 e. The van der Waals surface area contributed by atoms with Gasteiger partial charge in [-0.05, 0) is 55.3 Å². The number of hydrogen-bond acceptors (Lipinski definition) is 6. The highest BCUT2D eigenvalue weighted by molar-refractivity contribution is 5.94. The zero-order valence-electron chi connectivity index (χ0n) is 20.5. The Balaban J connectivity index is 1.50. The maximum atomic E-state index is 13.8. The lowest BCUT2D eigenvalue weighted by Crippen LogP contribution is -2.35. The number of methoxy groups -OCH3 is 2. The Bertz CT molecular complexity index is 1340. The SMILES string of the molecule is COc1ccc(CCN(CCc2nc(-c3cccc(C)c3)no2)C(=O)c2cccc(F)c2)cc1OC. The van der Waals surface area contributed by atoms with Crippen LogP contribution in [-0.4, -0.2) is 48.3 Å². The summed E-state index contributed by atoms with van der Waals surface area (Å²) < 4.78 is 29.9. The maximum absolute atomic E-state index is 13.8. The van der Waals surface area contributed by atoms with Gasteiger partial charge in [-0.1, -0.05) is 41.1 Å². The molecule has 0 aliphatic rings. The monoisotopic (exact) mass is 489 g/mol. The number of ether oxygens (including phenoxy) is 2. The molecule has 0 bridgehead atoms. The number of carbonyl (C=O) groups excluding carboxylic acids is 1. The lowest BCUT2D eigenvalue weighted by Gasteiger charge is -2.22. The normalized spacial score (nSPS) is 10.8. The van der Waals surface area contributed by atoms with Gasteiger partial charge in [0.05, 0.1) is 14.2 Å². The summed E-state index contributed by atoms with van der Waals surface area (Å²) in [6, 6.07) is 19.2. The van der Waals surface area contributed by atoms with E-state index in [1.807, 2.05) is 49.4 Å². The summed E-state index contributed by atoms with van der Waals surface area (Å²) in [4.78, 5) is 19.4. The van der Waals surface area contributed by atoms with Crippen LogP contribution in [0.2, 0.25) is 0 Å². The largest absolute Gasteiger partial charge is 0.493 e. The summed E-state index contributed by atoms with van der Waals surface area (Å²) in [7, 11) is 3.16. The van der Waals surface area contributed by atoms with Crippen LogP contribution in [0.5, 0.6) is 11.5 Å². The van der Waals surface area contributed by atoms with E-state index in [2.05, 4.69) is 10.1 Å². The average molecular weight is 490 g/mol. The predicted octanol–water partition coefficient (Wildman–Crippen LogP) is 5.13. The zero-order valence-corrected chi connectivity index (χ0v) is 20.5. The third-order valence-electron chi connectivity index (χ3n) is 5.82. The van der Waals surface area contributed by atoms with Gasteiger partial charge in [-0.15, -0.1) is 0 Å². The molecule has 1 aromatic heterocycles. The minimum Gasteiger partial charge on any atom is -0.493 e. The van der Waals surface area contributed by atoms with Gasteiger partial charge in [0.2, 0.25) is 11.7 Å². The summed E-state index contributed by atoms with van der Waals surface area (Å²) >= 11 is 0. The molecule has 0 spiro atoms. The Hall–Kier alpha value is -4.20. The summed E-state index contributed by atoms with van der Waals surface area (Å²) in [6.45, 7) is 2.74. The third kappa shape index (κ3) is 6.07. The molecule has 1 heterocycles. The molecule has 3 aromatic carbocycles. The van der Waals surface area contributed by atoms with Crippen LogP contribution in [-0.2, 0) is 12.8 Å². The van der Waals surface area contributed by atoms with Crippen molar-refractivity contribution < 1.29 is 23.2 Å². The van der Waals surface area contributed by atoms with Gasteiger partial charge in [-0.3, -0.25) is 4.79 Å². The highest BCUT2D eigenvalue weighted by Crippen LogP contribution is 2.28. The fraction of sp³-hybridized carbons (Fsp3) is 0.250. The van der Waals surface area contributed by atoms with E-state index < -0.39 is 5.82 Å². The molecule has 0 saturated carbocycles. The van der Waals surface area contributed by atoms with Gasteiger partial charge in [0, 0.05) is 30.6 Å². The van der Waals surface area contributed by atoms with E-state index in [0.717, 1.165) is 16.7 Å². The van der Waals surface area contributed by atoms with Crippen molar-refractivity contribution >= 4 is 5.91 Å². The Morgan fingerprint density at radius 2 is 1.72 bits per heavy atom. The van der Waals surface area contributed by atoms with Crippen LogP contribution in [0.15, 0.2) is 71.3 Å². The summed E-state index contributed by atoms with van der Waals surface area (Å²) in [5.74, 6) is 1.45. The van der Waals surface area contributed by atoms with Crippen molar-refractivity contribution in [1.82, 2.24) is 15.0 Å². The fourth-order valence-electron chi connectivity index (χ4n) is 3.91. The van der Waals surface area contributed by atoms with Crippen LogP contribution in [0, 0.1) is 12.7 Å². The number of benzene rings is 3. The molecule has 186 valence electrons. The van der Waals surface area contributed by atoms with Crippen LogP contribution in [0.1, 0.15) is 27.4 Å². The number of aromatic nitrogens is 2. The van der Waals surface area contributed by atoms with Crippen molar-refractivity contribution in [2.75, 3.05) is 27.3 Å². The predicted molar refractivity (Wildman–Crippen MR) is 134 cm³/mol. The Morgan fingerprint density at radius 1 is 0.944 bits per heavy atom. The maximum Gasteiger partial charge on any atom is 0.253 e. The van der Waals surface area contributed by atoms with Crippen LogP contribution in [0.25, 0.3) is 11.4 Å². The first-order valence-electron chi connectivity index (χ1n) is 11.6. The number of hydrogen-bond donors (Lipinski definition) is 0. The first kappa shape index (κ1) is 24.9. The van der Waals surface area contributed by atoms with E-state index >= 15 is 0 Å². The number of halogens is 1. The summed E-state index contributed by atoms with van der Waals surface area (Å²) in [5.41, 5.74) is 3.23. The molecule has 0 atom stereocenters. The molecule has 0 aliphatic carbocycles. The molecule has 1 amide bonds.